The Morgan fingerprint density at radius 3 is 1.93 bits per heavy atom. The van der Waals surface area contributed by atoms with Gasteiger partial charge >= 0.3 is 0 Å². The predicted molar refractivity (Wildman–Crippen MR) is 60.0 cm³/mol. The van der Waals surface area contributed by atoms with Crippen molar-refractivity contribution in [2.24, 2.45) is 23.2 Å². The van der Waals surface area contributed by atoms with E-state index in [1.54, 1.807) is 0 Å². The van der Waals surface area contributed by atoms with Crippen LogP contribution < -0.4 is 0 Å². The molecular formula is C14H19N. The SMILES string of the molecule is C/C=C(\C#N)C12CC3CC(CC(C3)C1)C2. The van der Waals surface area contributed by atoms with Crippen LogP contribution in [0, 0.1) is 34.5 Å². The number of nitriles is 1. The third-order valence-corrected chi connectivity index (χ3v) is 5.02. The van der Waals surface area contributed by atoms with E-state index in [4.69, 9.17) is 0 Å². The molecule has 1 nitrogen and oxygen atoms in total. The summed E-state index contributed by atoms with van der Waals surface area (Å²) in [5.41, 5.74) is 1.42. The highest BCUT2D eigenvalue weighted by Gasteiger charge is 2.52. The van der Waals surface area contributed by atoms with Crippen molar-refractivity contribution < 1.29 is 0 Å². The van der Waals surface area contributed by atoms with Crippen molar-refractivity contribution in [3.63, 3.8) is 0 Å². The lowest BCUT2D eigenvalue weighted by Gasteiger charge is -2.56. The standard InChI is InChI=1S/C14H19N/c1-2-13(9-15)14-6-10-3-11(7-14)5-12(4-10)8-14/h2,10-12H,3-8H2,1H3/b13-2+. The Hall–Kier alpha value is -0.770. The average Bonchev–Trinajstić information content (AvgIpc) is 2.16. The predicted octanol–water partition coefficient (Wildman–Crippen LogP) is 3.67. The van der Waals surface area contributed by atoms with Crippen LogP contribution in [0.5, 0.6) is 0 Å². The molecule has 0 spiro atoms. The van der Waals surface area contributed by atoms with Crippen LogP contribution in [-0.2, 0) is 0 Å². The summed E-state index contributed by atoms with van der Waals surface area (Å²) in [7, 11) is 0. The van der Waals surface area contributed by atoms with Crippen molar-refractivity contribution in [1.29, 1.82) is 5.26 Å². The van der Waals surface area contributed by atoms with Crippen LogP contribution in [0.1, 0.15) is 45.4 Å². The number of hydrogen-bond donors (Lipinski definition) is 0. The van der Waals surface area contributed by atoms with Gasteiger partial charge in [-0.05, 0) is 63.2 Å². The van der Waals surface area contributed by atoms with Gasteiger partial charge in [0.1, 0.15) is 0 Å². The molecule has 80 valence electrons. The van der Waals surface area contributed by atoms with Crippen LogP contribution in [0.2, 0.25) is 0 Å². The summed E-state index contributed by atoms with van der Waals surface area (Å²) in [6, 6.07) is 2.47. The first kappa shape index (κ1) is 9.46. The van der Waals surface area contributed by atoms with Gasteiger partial charge < -0.3 is 0 Å². The number of allylic oxidation sites excluding steroid dienone is 2. The van der Waals surface area contributed by atoms with Crippen LogP contribution in [0.25, 0.3) is 0 Å². The Morgan fingerprint density at radius 1 is 1.13 bits per heavy atom. The molecule has 0 aliphatic heterocycles. The van der Waals surface area contributed by atoms with E-state index < -0.39 is 0 Å². The number of nitrogens with zero attached hydrogens (tertiary/aromatic N) is 1. The van der Waals surface area contributed by atoms with Crippen molar-refractivity contribution >= 4 is 0 Å². The van der Waals surface area contributed by atoms with Gasteiger partial charge in [-0.1, -0.05) is 6.08 Å². The van der Waals surface area contributed by atoms with E-state index in [1.807, 2.05) is 6.92 Å². The average molecular weight is 201 g/mol. The first-order valence-corrected chi connectivity index (χ1v) is 6.32. The van der Waals surface area contributed by atoms with Crippen LogP contribution in [0.4, 0.5) is 0 Å². The minimum Gasteiger partial charge on any atom is -0.193 e. The molecule has 0 N–H and O–H groups in total. The van der Waals surface area contributed by atoms with Crippen LogP contribution >= 0.6 is 0 Å². The molecule has 4 bridgehead atoms. The lowest BCUT2D eigenvalue weighted by Crippen LogP contribution is -2.46. The first-order valence-electron chi connectivity index (χ1n) is 6.32. The zero-order valence-corrected chi connectivity index (χ0v) is 9.50. The smallest absolute Gasteiger partial charge is 0.0949 e. The zero-order valence-electron chi connectivity index (χ0n) is 9.50. The summed E-state index contributed by atoms with van der Waals surface area (Å²) in [6.45, 7) is 2.04. The Kier molecular flexibility index (Phi) is 1.96. The molecule has 0 amide bonds. The van der Waals surface area contributed by atoms with Gasteiger partial charge in [-0.15, -0.1) is 0 Å². The lowest BCUT2D eigenvalue weighted by molar-refractivity contribution is -0.0281. The summed E-state index contributed by atoms with van der Waals surface area (Å²) in [5.74, 6) is 2.83. The molecule has 0 radical (unpaired) electrons. The van der Waals surface area contributed by atoms with Crippen LogP contribution in [0.3, 0.4) is 0 Å². The molecule has 4 fully saturated rings. The highest BCUT2D eigenvalue weighted by atomic mass is 14.6. The summed E-state index contributed by atoms with van der Waals surface area (Å²) in [5, 5.41) is 9.27. The first-order chi connectivity index (χ1) is 7.25. The molecule has 0 aromatic carbocycles. The van der Waals surface area contributed by atoms with Crippen molar-refractivity contribution in [2.45, 2.75) is 45.4 Å². The van der Waals surface area contributed by atoms with Gasteiger partial charge in [-0.3, -0.25) is 0 Å². The topological polar surface area (TPSA) is 23.8 Å². The molecule has 0 aromatic rings. The molecule has 4 rings (SSSR count). The van der Waals surface area contributed by atoms with E-state index in [1.165, 1.54) is 38.5 Å². The lowest BCUT2D eigenvalue weighted by atomic mass is 9.48. The third-order valence-electron chi connectivity index (χ3n) is 5.02. The fraction of sp³-hybridized carbons (Fsp3) is 0.786. The Bertz CT molecular complexity index is 310. The Labute approximate surface area is 92.2 Å². The second-order valence-electron chi connectivity index (χ2n) is 6.01. The maximum absolute atomic E-state index is 9.27. The molecule has 0 atom stereocenters. The Balaban J connectivity index is 1.97. The second kappa shape index (κ2) is 3.11. The number of rotatable bonds is 1. The normalized spacial score (nSPS) is 48.0. The summed E-state index contributed by atoms with van der Waals surface area (Å²) < 4.78 is 0. The minimum absolute atomic E-state index is 0.318. The molecule has 0 aromatic heterocycles. The van der Waals surface area contributed by atoms with Gasteiger partial charge in [0.15, 0.2) is 0 Å². The van der Waals surface area contributed by atoms with Crippen molar-refractivity contribution in [1.82, 2.24) is 0 Å². The molecule has 4 saturated carbocycles. The molecule has 0 saturated heterocycles. The van der Waals surface area contributed by atoms with E-state index >= 15 is 0 Å². The quantitative estimate of drug-likeness (QED) is 0.594. The molecule has 4 aliphatic rings. The Morgan fingerprint density at radius 2 is 1.60 bits per heavy atom. The van der Waals surface area contributed by atoms with Crippen molar-refractivity contribution in [2.75, 3.05) is 0 Å². The fourth-order valence-electron chi connectivity index (χ4n) is 4.93. The fourth-order valence-corrected chi connectivity index (χ4v) is 4.93. The van der Waals surface area contributed by atoms with Crippen molar-refractivity contribution in [3.8, 4) is 6.07 Å². The molecular weight excluding hydrogens is 182 g/mol. The van der Waals surface area contributed by atoms with Gasteiger partial charge in [0.2, 0.25) is 0 Å². The highest BCUT2D eigenvalue weighted by molar-refractivity contribution is 5.31. The van der Waals surface area contributed by atoms with Crippen LogP contribution in [0.15, 0.2) is 11.6 Å². The molecule has 0 unspecified atom stereocenters. The van der Waals surface area contributed by atoms with Gasteiger partial charge in [-0.25, -0.2) is 0 Å². The van der Waals surface area contributed by atoms with Crippen LogP contribution in [-0.4, -0.2) is 0 Å². The summed E-state index contributed by atoms with van der Waals surface area (Å²) >= 11 is 0. The molecule has 0 heterocycles. The maximum atomic E-state index is 9.27. The summed E-state index contributed by atoms with van der Waals surface area (Å²) in [4.78, 5) is 0. The van der Waals surface area contributed by atoms with Gasteiger partial charge in [0.25, 0.3) is 0 Å². The van der Waals surface area contributed by atoms with E-state index in [2.05, 4.69) is 12.1 Å². The van der Waals surface area contributed by atoms with E-state index in [-0.39, 0.29) is 0 Å². The van der Waals surface area contributed by atoms with Gasteiger partial charge in [0, 0.05) is 11.0 Å². The minimum atomic E-state index is 0.318. The van der Waals surface area contributed by atoms with Crippen molar-refractivity contribution in [3.05, 3.63) is 11.6 Å². The largest absolute Gasteiger partial charge is 0.193 e. The molecule has 4 aliphatic carbocycles. The monoisotopic (exact) mass is 201 g/mol. The van der Waals surface area contributed by atoms with E-state index in [0.717, 1.165) is 23.3 Å². The third kappa shape index (κ3) is 1.27. The van der Waals surface area contributed by atoms with E-state index in [0.29, 0.717) is 5.41 Å². The highest BCUT2D eigenvalue weighted by Crippen LogP contribution is 2.62. The van der Waals surface area contributed by atoms with E-state index in [9.17, 15) is 5.26 Å². The maximum Gasteiger partial charge on any atom is 0.0949 e. The van der Waals surface area contributed by atoms with Gasteiger partial charge in [-0.2, -0.15) is 5.26 Å². The zero-order chi connectivity index (χ0) is 10.5. The number of hydrogen-bond acceptors (Lipinski definition) is 1. The molecule has 15 heavy (non-hydrogen) atoms. The molecule has 1 heteroatoms. The summed E-state index contributed by atoms with van der Waals surface area (Å²) in [6.07, 6.45) is 10.4. The second-order valence-corrected chi connectivity index (χ2v) is 6.01. The van der Waals surface area contributed by atoms with Gasteiger partial charge in [0.05, 0.1) is 6.07 Å².